The van der Waals surface area contributed by atoms with Crippen molar-refractivity contribution >= 4 is 21.4 Å². The molecule has 2 aromatic carbocycles. The first kappa shape index (κ1) is 23.1. The molecule has 174 valence electrons. The molecular weight excluding hydrogens is 440 g/mol. The number of aromatic nitrogens is 3. The van der Waals surface area contributed by atoms with Crippen LogP contribution in [0.4, 0.5) is 0 Å². The molecule has 0 saturated heterocycles. The van der Waals surface area contributed by atoms with E-state index in [1.54, 1.807) is 49.2 Å². The second-order valence-corrected chi connectivity index (χ2v) is 10.3. The van der Waals surface area contributed by atoms with Crippen molar-refractivity contribution in [3.8, 4) is 28.0 Å². The van der Waals surface area contributed by atoms with Gasteiger partial charge in [-0.3, -0.25) is 18.6 Å². The molecule has 0 saturated carbocycles. The number of hydrogen-bond acceptors (Lipinski definition) is 6. The number of pyridine rings is 1. The highest BCUT2D eigenvalue weighted by atomic mass is 32.3. The Bertz CT molecular complexity index is 1380. The number of benzene rings is 2. The van der Waals surface area contributed by atoms with Gasteiger partial charge in [-0.05, 0) is 48.2 Å². The minimum Gasteiger partial charge on any atom is -0.492 e. The van der Waals surface area contributed by atoms with E-state index in [0.717, 1.165) is 22.1 Å². The Kier molecular flexibility index (Phi) is 6.31. The average molecular weight is 469 g/mol. The van der Waals surface area contributed by atoms with Gasteiger partial charge in [-0.15, -0.1) is 0 Å². The van der Waals surface area contributed by atoms with Crippen LogP contribution in [0, 0.1) is 0 Å². The van der Waals surface area contributed by atoms with E-state index >= 15 is 0 Å². The number of ether oxygens (including phenoxy) is 1. The van der Waals surface area contributed by atoms with Crippen LogP contribution in [0.3, 0.4) is 0 Å². The van der Waals surface area contributed by atoms with Gasteiger partial charge in [0.2, 0.25) is 0 Å². The Hall–Kier alpha value is -3.11. The fraction of sp³-hybridized carbons (Fsp3) is 0.250. The highest BCUT2D eigenvalue weighted by molar-refractivity contribution is 8.24. The van der Waals surface area contributed by atoms with Crippen molar-refractivity contribution in [1.29, 1.82) is 0 Å². The van der Waals surface area contributed by atoms with Crippen molar-refractivity contribution in [1.82, 2.24) is 14.3 Å². The van der Waals surface area contributed by atoms with Crippen molar-refractivity contribution in [3.05, 3.63) is 65.3 Å². The molecule has 0 spiro atoms. The summed E-state index contributed by atoms with van der Waals surface area (Å²) in [5, 5.41) is 5.54. The second kappa shape index (κ2) is 9.03. The van der Waals surface area contributed by atoms with Crippen molar-refractivity contribution in [2.75, 3.05) is 18.9 Å². The van der Waals surface area contributed by atoms with Crippen LogP contribution < -0.4 is 16.0 Å². The van der Waals surface area contributed by atoms with Gasteiger partial charge in [0, 0.05) is 60.9 Å². The third kappa shape index (κ3) is 4.40. The summed E-state index contributed by atoms with van der Waals surface area (Å²) in [5.41, 5.74) is 8.80. The van der Waals surface area contributed by atoms with E-state index < -0.39 is 10.6 Å². The monoisotopic (exact) mass is 468 g/mol. The molecule has 0 aliphatic heterocycles. The molecule has 4 rings (SSSR count). The van der Waals surface area contributed by atoms with Crippen LogP contribution in [0.25, 0.3) is 33.0 Å². The standard InChI is InChI=1S/C24H28N4O4S/c1-4-33(30,31)18-6-8-23(32-10-9-25)21(12-18)22-15-27(2)24(29)19-7-5-16(11-20(19)22)17-13-26-28(3)14-17/h5-8,11-15,30-31H,4,9-10,25H2,1-3H3. The highest BCUT2D eigenvalue weighted by Gasteiger charge is 2.19. The summed E-state index contributed by atoms with van der Waals surface area (Å²) >= 11 is 0. The zero-order valence-corrected chi connectivity index (χ0v) is 19.7. The number of nitrogens with zero attached hydrogens (tertiary/aromatic N) is 3. The summed E-state index contributed by atoms with van der Waals surface area (Å²) in [6.45, 7) is 2.38. The lowest BCUT2D eigenvalue weighted by molar-refractivity contribution is 0.329. The van der Waals surface area contributed by atoms with Crippen molar-refractivity contribution in [2.24, 2.45) is 19.8 Å². The highest BCUT2D eigenvalue weighted by Crippen LogP contribution is 2.50. The zero-order chi connectivity index (χ0) is 23.8. The van der Waals surface area contributed by atoms with Crippen molar-refractivity contribution in [3.63, 3.8) is 0 Å². The van der Waals surface area contributed by atoms with E-state index in [2.05, 4.69) is 5.10 Å². The first-order valence-corrected chi connectivity index (χ1v) is 12.3. The Balaban J connectivity index is 2.02. The van der Waals surface area contributed by atoms with Gasteiger partial charge in [-0.1, -0.05) is 6.07 Å². The van der Waals surface area contributed by atoms with Crippen LogP contribution in [0.2, 0.25) is 0 Å². The molecule has 33 heavy (non-hydrogen) atoms. The third-order valence-corrected chi connectivity index (χ3v) is 7.43. The van der Waals surface area contributed by atoms with Gasteiger partial charge in [0.25, 0.3) is 5.56 Å². The fourth-order valence-electron chi connectivity index (χ4n) is 3.81. The summed E-state index contributed by atoms with van der Waals surface area (Å²) in [5.74, 6) is 0.761. The Morgan fingerprint density at radius 2 is 1.82 bits per heavy atom. The first-order valence-electron chi connectivity index (χ1n) is 10.6. The molecule has 0 radical (unpaired) electrons. The van der Waals surface area contributed by atoms with Gasteiger partial charge in [0.15, 0.2) is 0 Å². The minimum atomic E-state index is -2.95. The lowest BCUT2D eigenvalue weighted by Crippen LogP contribution is -2.17. The smallest absolute Gasteiger partial charge is 0.258 e. The topological polar surface area (TPSA) is 116 Å². The first-order chi connectivity index (χ1) is 15.7. The Morgan fingerprint density at radius 1 is 1.03 bits per heavy atom. The zero-order valence-electron chi connectivity index (χ0n) is 18.9. The predicted octanol–water partition coefficient (Wildman–Crippen LogP) is 4.07. The SMILES string of the molecule is CCS(O)(O)c1ccc(OCCN)c(-c2cn(C)c(=O)c3ccc(-c4cnn(C)c4)cc23)c1. The van der Waals surface area contributed by atoms with E-state index in [0.29, 0.717) is 34.7 Å². The summed E-state index contributed by atoms with van der Waals surface area (Å²) in [4.78, 5) is 13.3. The van der Waals surface area contributed by atoms with Gasteiger partial charge in [0.05, 0.1) is 11.1 Å². The van der Waals surface area contributed by atoms with Gasteiger partial charge in [0.1, 0.15) is 12.4 Å². The fourth-order valence-corrected chi connectivity index (χ4v) is 4.74. The molecular formula is C24H28N4O4S. The van der Waals surface area contributed by atoms with Crippen LogP contribution in [0.1, 0.15) is 6.92 Å². The normalized spacial score (nSPS) is 12.3. The number of hydrogen-bond donors (Lipinski definition) is 3. The predicted molar refractivity (Wildman–Crippen MR) is 133 cm³/mol. The molecule has 0 fully saturated rings. The summed E-state index contributed by atoms with van der Waals surface area (Å²) < 4.78 is 30.3. The quantitative estimate of drug-likeness (QED) is 0.377. The lowest BCUT2D eigenvalue weighted by atomic mass is 9.97. The number of fused-ring (bicyclic) bond motifs is 1. The molecule has 0 amide bonds. The molecule has 4 aromatic rings. The van der Waals surface area contributed by atoms with Crippen molar-refractivity contribution in [2.45, 2.75) is 11.8 Å². The van der Waals surface area contributed by atoms with E-state index in [9.17, 15) is 13.9 Å². The molecule has 9 heteroatoms. The molecule has 8 nitrogen and oxygen atoms in total. The number of rotatable bonds is 7. The van der Waals surface area contributed by atoms with Gasteiger partial charge >= 0.3 is 0 Å². The van der Waals surface area contributed by atoms with Crippen LogP contribution in [0.15, 0.2) is 64.7 Å². The maximum Gasteiger partial charge on any atom is 0.258 e. The van der Waals surface area contributed by atoms with E-state index in [-0.39, 0.29) is 11.3 Å². The van der Waals surface area contributed by atoms with E-state index in [1.165, 1.54) is 4.57 Å². The van der Waals surface area contributed by atoms with E-state index in [1.807, 2.05) is 31.4 Å². The molecule has 0 aliphatic rings. The largest absolute Gasteiger partial charge is 0.492 e. The molecule has 4 N–H and O–H groups in total. The Labute approximate surface area is 193 Å². The lowest BCUT2D eigenvalue weighted by Gasteiger charge is -2.31. The van der Waals surface area contributed by atoms with Crippen molar-refractivity contribution < 1.29 is 13.8 Å². The number of nitrogens with two attached hydrogens (primary N) is 1. The summed E-state index contributed by atoms with van der Waals surface area (Å²) in [6, 6.07) is 10.8. The van der Waals surface area contributed by atoms with Crippen LogP contribution in [-0.4, -0.2) is 42.4 Å². The third-order valence-electron chi connectivity index (χ3n) is 5.62. The van der Waals surface area contributed by atoms with Gasteiger partial charge in [-0.2, -0.15) is 15.7 Å². The Morgan fingerprint density at radius 3 is 2.48 bits per heavy atom. The second-order valence-electron chi connectivity index (χ2n) is 7.87. The molecule has 0 aliphatic carbocycles. The van der Waals surface area contributed by atoms with E-state index in [4.69, 9.17) is 10.5 Å². The van der Waals surface area contributed by atoms with Gasteiger partial charge < -0.3 is 15.0 Å². The molecule has 0 unspecified atom stereocenters. The summed E-state index contributed by atoms with van der Waals surface area (Å²) in [7, 11) is 0.605. The van der Waals surface area contributed by atoms with Crippen LogP contribution in [-0.2, 0) is 14.1 Å². The van der Waals surface area contributed by atoms with Crippen LogP contribution in [0.5, 0.6) is 5.75 Å². The summed E-state index contributed by atoms with van der Waals surface area (Å²) in [6.07, 6.45) is 5.44. The maximum absolute atomic E-state index is 12.9. The molecule has 0 bridgehead atoms. The van der Waals surface area contributed by atoms with Crippen LogP contribution >= 0.6 is 10.6 Å². The maximum atomic E-state index is 12.9. The average Bonchev–Trinajstić information content (AvgIpc) is 3.26. The molecule has 2 aromatic heterocycles. The molecule has 0 atom stereocenters. The number of aryl methyl sites for hydroxylation is 2. The minimum absolute atomic E-state index is 0.120. The molecule has 2 heterocycles. The van der Waals surface area contributed by atoms with Gasteiger partial charge in [-0.25, -0.2) is 0 Å².